The maximum atomic E-state index is 2.39. The molecule has 0 heterocycles. The van der Waals surface area contributed by atoms with Crippen molar-refractivity contribution < 1.29 is 0 Å². The Kier molecular flexibility index (Phi) is 3.54. The molecule has 1 aromatic carbocycles. The van der Waals surface area contributed by atoms with Gasteiger partial charge in [-0.1, -0.05) is 62.9 Å². The van der Waals surface area contributed by atoms with E-state index in [1.165, 1.54) is 12.0 Å². The lowest BCUT2D eigenvalue weighted by Gasteiger charge is -2.17. The van der Waals surface area contributed by atoms with Crippen molar-refractivity contribution in [2.45, 2.75) is 39.9 Å². The van der Waals surface area contributed by atoms with Gasteiger partial charge in [0.2, 0.25) is 0 Å². The van der Waals surface area contributed by atoms with Crippen molar-refractivity contribution in [1.82, 2.24) is 0 Å². The summed E-state index contributed by atoms with van der Waals surface area (Å²) in [6.07, 6.45) is 1.20. The molecular weight excluding hydrogens is 184 g/mol. The molecule has 1 aromatic rings. The van der Waals surface area contributed by atoms with Gasteiger partial charge in [0, 0.05) is 0 Å². The third-order valence-electron chi connectivity index (χ3n) is 2.46. The molecule has 0 atom stereocenters. The van der Waals surface area contributed by atoms with E-state index in [-0.39, 0.29) is 0 Å². The van der Waals surface area contributed by atoms with E-state index in [1.54, 1.807) is 5.19 Å². The molecule has 0 unspecified atom stereocenters. The van der Waals surface area contributed by atoms with Crippen LogP contribution < -0.4 is 5.19 Å². The Morgan fingerprint density at radius 2 is 1.50 bits per heavy atom. The van der Waals surface area contributed by atoms with Gasteiger partial charge >= 0.3 is 0 Å². The van der Waals surface area contributed by atoms with Crippen LogP contribution in [0.25, 0.3) is 0 Å². The van der Waals surface area contributed by atoms with E-state index < -0.39 is 8.07 Å². The molecule has 0 amide bonds. The van der Waals surface area contributed by atoms with Gasteiger partial charge in [0.05, 0.1) is 8.07 Å². The first kappa shape index (κ1) is 11.5. The monoisotopic (exact) mass is 206 g/mol. The van der Waals surface area contributed by atoms with Crippen LogP contribution in [0, 0.1) is 5.92 Å². The molecule has 1 heteroatoms. The van der Waals surface area contributed by atoms with Crippen LogP contribution in [0.4, 0.5) is 0 Å². The molecule has 0 aliphatic rings. The minimum atomic E-state index is -1.10. The van der Waals surface area contributed by atoms with Crippen LogP contribution in [0.3, 0.4) is 0 Å². The van der Waals surface area contributed by atoms with Crippen LogP contribution in [0.5, 0.6) is 0 Å². The molecule has 0 saturated heterocycles. The minimum Gasteiger partial charge on any atom is -0.0656 e. The van der Waals surface area contributed by atoms with Crippen molar-refractivity contribution in [3.05, 3.63) is 29.8 Å². The second-order valence-corrected chi connectivity index (χ2v) is 10.6. The first-order valence-corrected chi connectivity index (χ1v) is 8.99. The molecule has 0 N–H and O–H groups in total. The molecular formula is C13H22Si. The SMILES string of the molecule is CC(C)Cc1ccc([Si](C)(C)C)cc1. The van der Waals surface area contributed by atoms with Crippen LogP contribution >= 0.6 is 0 Å². The van der Waals surface area contributed by atoms with Crippen molar-refractivity contribution in [2.24, 2.45) is 5.92 Å². The van der Waals surface area contributed by atoms with Crippen LogP contribution in [-0.2, 0) is 6.42 Å². The molecule has 14 heavy (non-hydrogen) atoms. The lowest BCUT2D eigenvalue weighted by Crippen LogP contribution is -2.37. The van der Waals surface area contributed by atoms with Gasteiger partial charge in [-0.2, -0.15) is 0 Å². The van der Waals surface area contributed by atoms with E-state index in [2.05, 4.69) is 57.8 Å². The fraction of sp³-hybridized carbons (Fsp3) is 0.538. The van der Waals surface area contributed by atoms with Gasteiger partial charge in [-0.25, -0.2) is 0 Å². The van der Waals surface area contributed by atoms with Gasteiger partial charge < -0.3 is 0 Å². The van der Waals surface area contributed by atoms with Crippen LogP contribution in [0.1, 0.15) is 19.4 Å². The van der Waals surface area contributed by atoms with Crippen molar-refractivity contribution in [2.75, 3.05) is 0 Å². The van der Waals surface area contributed by atoms with Crippen LogP contribution in [0.2, 0.25) is 19.6 Å². The van der Waals surface area contributed by atoms with Gasteiger partial charge in [-0.05, 0) is 17.9 Å². The first-order valence-electron chi connectivity index (χ1n) is 5.49. The Morgan fingerprint density at radius 3 is 1.86 bits per heavy atom. The Labute approximate surface area is 89.4 Å². The Balaban J connectivity index is 2.79. The molecule has 0 saturated carbocycles. The van der Waals surface area contributed by atoms with E-state index in [0.717, 1.165) is 5.92 Å². The first-order chi connectivity index (χ1) is 6.39. The van der Waals surface area contributed by atoms with Crippen molar-refractivity contribution in [3.63, 3.8) is 0 Å². The smallest absolute Gasteiger partial charge is 0.0656 e. The quantitative estimate of drug-likeness (QED) is 0.665. The molecule has 1 rings (SSSR count). The Hall–Kier alpha value is -0.563. The van der Waals surface area contributed by atoms with E-state index in [4.69, 9.17) is 0 Å². The van der Waals surface area contributed by atoms with E-state index in [1.807, 2.05) is 0 Å². The molecule has 78 valence electrons. The average molecular weight is 206 g/mol. The van der Waals surface area contributed by atoms with Gasteiger partial charge in [0.1, 0.15) is 0 Å². The summed E-state index contributed by atoms with van der Waals surface area (Å²) in [4.78, 5) is 0. The fourth-order valence-electron chi connectivity index (χ4n) is 1.61. The van der Waals surface area contributed by atoms with E-state index >= 15 is 0 Å². The number of benzene rings is 1. The predicted molar refractivity (Wildman–Crippen MR) is 68.0 cm³/mol. The summed E-state index contributed by atoms with van der Waals surface area (Å²) in [5.41, 5.74) is 1.47. The highest BCUT2D eigenvalue weighted by Crippen LogP contribution is 2.08. The normalized spacial score (nSPS) is 12.1. The molecule has 0 nitrogen and oxygen atoms in total. The third kappa shape index (κ3) is 3.30. The fourth-order valence-corrected chi connectivity index (χ4v) is 2.78. The number of hydrogen-bond donors (Lipinski definition) is 0. The van der Waals surface area contributed by atoms with Crippen molar-refractivity contribution in [1.29, 1.82) is 0 Å². The molecule has 0 bridgehead atoms. The highest BCUT2D eigenvalue weighted by Gasteiger charge is 2.15. The zero-order chi connectivity index (χ0) is 10.8. The average Bonchev–Trinajstić information content (AvgIpc) is 2.02. The Bertz CT molecular complexity index is 277. The molecule has 0 aliphatic heterocycles. The summed E-state index contributed by atoms with van der Waals surface area (Å²) in [5, 5.41) is 1.56. The summed E-state index contributed by atoms with van der Waals surface area (Å²) in [7, 11) is -1.10. The summed E-state index contributed by atoms with van der Waals surface area (Å²) in [5.74, 6) is 0.757. The van der Waals surface area contributed by atoms with E-state index in [0.29, 0.717) is 0 Å². The zero-order valence-electron chi connectivity index (χ0n) is 10.1. The highest BCUT2D eigenvalue weighted by atomic mass is 28.3. The minimum absolute atomic E-state index is 0.757. The summed E-state index contributed by atoms with van der Waals surface area (Å²) in [6.45, 7) is 11.7. The highest BCUT2D eigenvalue weighted by molar-refractivity contribution is 6.88. The van der Waals surface area contributed by atoms with Gasteiger partial charge in [0.15, 0.2) is 0 Å². The second kappa shape index (κ2) is 4.31. The molecule has 0 spiro atoms. The third-order valence-corrected chi connectivity index (χ3v) is 4.53. The summed E-state index contributed by atoms with van der Waals surface area (Å²) < 4.78 is 0. The number of rotatable bonds is 3. The molecule has 0 fully saturated rings. The molecule has 0 radical (unpaired) electrons. The maximum absolute atomic E-state index is 2.39. The maximum Gasteiger partial charge on any atom is 0.0775 e. The topological polar surface area (TPSA) is 0 Å². The summed E-state index contributed by atoms with van der Waals surface area (Å²) in [6, 6.07) is 9.25. The van der Waals surface area contributed by atoms with Gasteiger partial charge in [-0.3, -0.25) is 0 Å². The lowest BCUT2D eigenvalue weighted by molar-refractivity contribution is 0.647. The van der Waals surface area contributed by atoms with Crippen LogP contribution in [-0.4, -0.2) is 8.07 Å². The van der Waals surface area contributed by atoms with Crippen LogP contribution in [0.15, 0.2) is 24.3 Å². The Morgan fingerprint density at radius 1 is 1.00 bits per heavy atom. The van der Waals surface area contributed by atoms with Gasteiger partial charge in [0.25, 0.3) is 0 Å². The largest absolute Gasteiger partial charge is 0.0775 e. The molecule has 0 aromatic heterocycles. The lowest BCUT2D eigenvalue weighted by atomic mass is 10.0. The number of hydrogen-bond acceptors (Lipinski definition) is 0. The standard InChI is InChI=1S/C13H22Si/c1-11(2)10-12-6-8-13(9-7-12)14(3,4)5/h6-9,11H,10H2,1-5H3. The van der Waals surface area contributed by atoms with E-state index in [9.17, 15) is 0 Å². The van der Waals surface area contributed by atoms with Crippen molar-refractivity contribution in [3.8, 4) is 0 Å². The van der Waals surface area contributed by atoms with Crippen molar-refractivity contribution >= 4 is 13.3 Å². The van der Waals surface area contributed by atoms with Gasteiger partial charge in [-0.15, -0.1) is 0 Å². The predicted octanol–water partition coefficient (Wildman–Crippen LogP) is 3.43. The summed E-state index contributed by atoms with van der Waals surface area (Å²) >= 11 is 0. The zero-order valence-corrected chi connectivity index (χ0v) is 11.1. The second-order valence-electron chi connectivity index (χ2n) is 5.54. The molecule has 0 aliphatic carbocycles.